The molecule has 2 atom stereocenters. The summed E-state index contributed by atoms with van der Waals surface area (Å²) in [7, 11) is 4.93. The molecule has 19 heavy (non-hydrogen) atoms. The van der Waals surface area contributed by atoms with Crippen LogP contribution in [0.5, 0.6) is 17.2 Å². The molecule has 0 bridgehead atoms. The molecule has 0 N–H and O–H groups in total. The van der Waals surface area contributed by atoms with Crippen LogP contribution in [0.4, 0.5) is 0 Å². The first kappa shape index (κ1) is 14.5. The van der Waals surface area contributed by atoms with Crippen molar-refractivity contribution in [3.05, 3.63) is 17.7 Å². The van der Waals surface area contributed by atoms with Crippen LogP contribution in [-0.2, 0) is 0 Å². The second-order valence-electron chi connectivity index (χ2n) is 5.62. The zero-order chi connectivity index (χ0) is 14.2. The van der Waals surface area contributed by atoms with E-state index in [1.54, 1.807) is 21.3 Å². The predicted octanol–water partition coefficient (Wildman–Crippen LogP) is 4.19. The topological polar surface area (TPSA) is 27.7 Å². The number of methoxy groups -OCH3 is 3. The molecule has 1 aliphatic carbocycles. The number of benzene rings is 1. The smallest absolute Gasteiger partial charge is 0.203 e. The summed E-state index contributed by atoms with van der Waals surface area (Å²) in [6.07, 6.45) is 1.22. The highest BCUT2D eigenvalue weighted by molar-refractivity contribution is 9.09. The van der Waals surface area contributed by atoms with Gasteiger partial charge in [0.05, 0.1) is 21.3 Å². The number of hydrogen-bond donors (Lipinski definition) is 0. The summed E-state index contributed by atoms with van der Waals surface area (Å²) in [5, 5.41) is 0. The van der Waals surface area contributed by atoms with E-state index in [2.05, 4.69) is 29.8 Å². The predicted molar refractivity (Wildman–Crippen MR) is 79.7 cm³/mol. The maximum absolute atomic E-state index is 5.54. The standard InChI is InChI=1S/C15H21BrO3/c1-15(2)8-10(15)12(16)9-6-7-11(17-3)14(19-5)13(9)18-4/h6-7,10,12H,8H2,1-5H3. The van der Waals surface area contributed by atoms with E-state index in [1.165, 1.54) is 6.42 Å². The van der Waals surface area contributed by atoms with Crippen molar-refractivity contribution in [2.24, 2.45) is 11.3 Å². The lowest BCUT2D eigenvalue weighted by Gasteiger charge is -2.19. The molecule has 2 rings (SSSR count). The highest BCUT2D eigenvalue weighted by Gasteiger charge is 2.50. The van der Waals surface area contributed by atoms with Crippen molar-refractivity contribution in [3.8, 4) is 17.2 Å². The molecule has 0 saturated heterocycles. The van der Waals surface area contributed by atoms with E-state index in [1.807, 2.05) is 12.1 Å². The quantitative estimate of drug-likeness (QED) is 0.758. The summed E-state index contributed by atoms with van der Waals surface area (Å²) < 4.78 is 16.3. The number of ether oxygens (including phenoxy) is 3. The van der Waals surface area contributed by atoms with Crippen LogP contribution in [0, 0.1) is 11.3 Å². The van der Waals surface area contributed by atoms with Gasteiger partial charge in [-0.25, -0.2) is 0 Å². The van der Waals surface area contributed by atoms with E-state index in [-0.39, 0.29) is 4.83 Å². The molecule has 1 aliphatic rings. The van der Waals surface area contributed by atoms with Crippen molar-refractivity contribution >= 4 is 15.9 Å². The third-order valence-corrected chi connectivity index (χ3v) is 5.11. The average molecular weight is 329 g/mol. The second kappa shape index (κ2) is 5.23. The van der Waals surface area contributed by atoms with Crippen molar-refractivity contribution in [3.63, 3.8) is 0 Å². The molecule has 1 saturated carbocycles. The molecule has 0 aliphatic heterocycles. The molecule has 106 valence electrons. The van der Waals surface area contributed by atoms with Crippen molar-refractivity contribution in [2.45, 2.75) is 25.1 Å². The summed E-state index contributed by atoms with van der Waals surface area (Å²) in [5.74, 6) is 2.73. The lowest BCUT2D eigenvalue weighted by molar-refractivity contribution is 0.321. The monoisotopic (exact) mass is 328 g/mol. The van der Waals surface area contributed by atoms with Gasteiger partial charge in [-0.1, -0.05) is 35.8 Å². The first-order chi connectivity index (χ1) is 8.96. The first-order valence-electron chi connectivity index (χ1n) is 6.39. The number of halogens is 1. The van der Waals surface area contributed by atoms with Crippen LogP contribution >= 0.6 is 15.9 Å². The van der Waals surface area contributed by atoms with Gasteiger partial charge in [0.15, 0.2) is 11.5 Å². The molecule has 0 aromatic heterocycles. The van der Waals surface area contributed by atoms with Crippen LogP contribution in [-0.4, -0.2) is 21.3 Å². The van der Waals surface area contributed by atoms with E-state index in [0.29, 0.717) is 22.8 Å². The van der Waals surface area contributed by atoms with Crippen molar-refractivity contribution in [1.82, 2.24) is 0 Å². The molecule has 3 nitrogen and oxygen atoms in total. The molecule has 1 aromatic rings. The van der Waals surface area contributed by atoms with Gasteiger partial charge in [0.25, 0.3) is 0 Å². The molecule has 1 aromatic carbocycles. The summed E-state index contributed by atoms with van der Waals surface area (Å²) in [6, 6.07) is 3.98. The molecular formula is C15H21BrO3. The Kier molecular flexibility index (Phi) is 4.00. The maximum atomic E-state index is 5.54. The molecule has 0 radical (unpaired) electrons. The van der Waals surface area contributed by atoms with Crippen molar-refractivity contribution < 1.29 is 14.2 Å². The van der Waals surface area contributed by atoms with Crippen LogP contribution in [0.3, 0.4) is 0 Å². The van der Waals surface area contributed by atoms with Crippen LogP contribution in [0.2, 0.25) is 0 Å². The Bertz CT molecular complexity index is 471. The van der Waals surface area contributed by atoms with E-state index in [0.717, 1.165) is 11.3 Å². The number of hydrogen-bond acceptors (Lipinski definition) is 3. The Morgan fingerprint density at radius 1 is 1.11 bits per heavy atom. The highest BCUT2D eigenvalue weighted by atomic mass is 79.9. The van der Waals surface area contributed by atoms with Crippen molar-refractivity contribution in [2.75, 3.05) is 21.3 Å². The van der Waals surface area contributed by atoms with Crippen LogP contribution in [0.15, 0.2) is 12.1 Å². The van der Waals surface area contributed by atoms with E-state index in [9.17, 15) is 0 Å². The lowest BCUT2D eigenvalue weighted by atomic mass is 10.0. The van der Waals surface area contributed by atoms with Gasteiger partial charge in [-0.15, -0.1) is 0 Å². The molecule has 4 heteroatoms. The van der Waals surface area contributed by atoms with Gasteiger partial charge < -0.3 is 14.2 Å². The third-order valence-electron chi connectivity index (χ3n) is 3.97. The van der Waals surface area contributed by atoms with Gasteiger partial charge in [-0.3, -0.25) is 0 Å². The summed E-state index contributed by atoms with van der Waals surface area (Å²) in [4.78, 5) is 0.275. The minimum atomic E-state index is 0.275. The van der Waals surface area contributed by atoms with Crippen molar-refractivity contribution in [1.29, 1.82) is 0 Å². The Labute approximate surface area is 123 Å². The second-order valence-corrected chi connectivity index (χ2v) is 6.61. The number of rotatable bonds is 5. The average Bonchev–Trinajstić information content (AvgIpc) is 3.04. The van der Waals surface area contributed by atoms with Gasteiger partial charge in [0.1, 0.15) is 0 Å². The summed E-state index contributed by atoms with van der Waals surface area (Å²) >= 11 is 3.81. The van der Waals surface area contributed by atoms with E-state index < -0.39 is 0 Å². The highest BCUT2D eigenvalue weighted by Crippen LogP contribution is 2.62. The SMILES string of the molecule is COc1ccc(C(Br)C2CC2(C)C)c(OC)c1OC. The maximum Gasteiger partial charge on any atom is 0.203 e. The Morgan fingerprint density at radius 2 is 1.68 bits per heavy atom. The van der Waals surface area contributed by atoms with Gasteiger partial charge in [-0.2, -0.15) is 0 Å². The van der Waals surface area contributed by atoms with Gasteiger partial charge in [-0.05, 0) is 23.8 Å². The fourth-order valence-corrected chi connectivity index (χ4v) is 3.83. The first-order valence-corrected chi connectivity index (χ1v) is 7.30. The fourth-order valence-electron chi connectivity index (χ4n) is 2.57. The van der Waals surface area contributed by atoms with E-state index >= 15 is 0 Å². The molecule has 0 spiro atoms. The van der Waals surface area contributed by atoms with Crippen LogP contribution < -0.4 is 14.2 Å². The van der Waals surface area contributed by atoms with Crippen LogP contribution in [0.25, 0.3) is 0 Å². The van der Waals surface area contributed by atoms with Gasteiger partial charge >= 0.3 is 0 Å². The molecule has 2 unspecified atom stereocenters. The fraction of sp³-hybridized carbons (Fsp3) is 0.600. The Morgan fingerprint density at radius 3 is 2.11 bits per heavy atom. The van der Waals surface area contributed by atoms with E-state index in [4.69, 9.17) is 14.2 Å². The van der Waals surface area contributed by atoms with Gasteiger partial charge in [0, 0.05) is 10.4 Å². The normalized spacial score (nSPS) is 21.7. The number of alkyl halides is 1. The zero-order valence-electron chi connectivity index (χ0n) is 12.1. The third kappa shape index (κ3) is 2.55. The molecule has 0 amide bonds. The lowest BCUT2D eigenvalue weighted by Crippen LogP contribution is -2.04. The Balaban J connectivity index is 2.40. The summed E-state index contributed by atoms with van der Waals surface area (Å²) in [5.41, 5.74) is 1.52. The van der Waals surface area contributed by atoms with Crippen LogP contribution in [0.1, 0.15) is 30.7 Å². The summed E-state index contributed by atoms with van der Waals surface area (Å²) in [6.45, 7) is 4.58. The minimum absolute atomic E-state index is 0.275. The minimum Gasteiger partial charge on any atom is -0.493 e. The zero-order valence-corrected chi connectivity index (χ0v) is 13.7. The largest absolute Gasteiger partial charge is 0.493 e. The van der Waals surface area contributed by atoms with Gasteiger partial charge in [0.2, 0.25) is 5.75 Å². The molecule has 1 fully saturated rings. The Hall–Kier alpha value is -0.900. The molecular weight excluding hydrogens is 308 g/mol. The molecule has 0 heterocycles.